The van der Waals surface area contributed by atoms with E-state index in [1.54, 1.807) is 11.3 Å². The van der Waals surface area contributed by atoms with Crippen LogP contribution >= 0.6 is 23.1 Å². The van der Waals surface area contributed by atoms with Crippen molar-refractivity contribution in [3.05, 3.63) is 83.1 Å². The molecule has 0 aliphatic rings. The smallest absolute Gasteiger partial charge is 0.230 e. The largest absolute Gasteiger partial charge is 0.353 e. The Morgan fingerprint density at radius 3 is 2.44 bits per heavy atom. The number of nitrogens with one attached hydrogen (secondary N) is 1. The van der Waals surface area contributed by atoms with Gasteiger partial charge in [0.25, 0.3) is 0 Å². The zero-order valence-electron chi connectivity index (χ0n) is 18.0. The fourth-order valence-corrected chi connectivity index (χ4v) is 4.89. The molecule has 0 spiro atoms. The molecule has 0 bridgehead atoms. The van der Waals surface area contributed by atoms with Crippen molar-refractivity contribution >= 4 is 29.0 Å². The molecule has 1 amide bonds. The first kappa shape index (κ1) is 22.3. The van der Waals surface area contributed by atoms with Crippen molar-refractivity contribution in [3.8, 4) is 17.1 Å². The predicted octanol–water partition coefficient (Wildman–Crippen LogP) is 4.51. The molecule has 8 heteroatoms. The van der Waals surface area contributed by atoms with Crippen LogP contribution in [0, 0.1) is 0 Å². The minimum absolute atomic E-state index is 0.0269. The minimum Gasteiger partial charge on any atom is -0.353 e. The van der Waals surface area contributed by atoms with Crippen LogP contribution in [-0.2, 0) is 4.79 Å². The van der Waals surface area contributed by atoms with Gasteiger partial charge in [-0.3, -0.25) is 9.36 Å². The SMILES string of the molecule is CN(C)C(CNC(=O)CSc1nnc(-c2ccccc2)n1-c1ccccc1)c1ccsc1. The molecule has 0 saturated heterocycles. The summed E-state index contributed by atoms with van der Waals surface area (Å²) in [5.41, 5.74) is 3.15. The molecule has 0 fully saturated rings. The topological polar surface area (TPSA) is 63.1 Å². The van der Waals surface area contributed by atoms with Crippen LogP contribution in [-0.4, -0.2) is 52.0 Å². The van der Waals surface area contributed by atoms with Crippen molar-refractivity contribution in [2.24, 2.45) is 0 Å². The molecule has 164 valence electrons. The average molecular weight is 464 g/mol. The maximum absolute atomic E-state index is 12.6. The fraction of sp³-hybridized carbons (Fsp3) is 0.208. The standard InChI is InChI=1S/C24H25N5OS2/c1-28(2)21(19-13-14-31-16-19)15-25-22(30)17-32-24-27-26-23(18-9-5-3-6-10-18)29(24)20-11-7-4-8-12-20/h3-14,16,21H,15,17H2,1-2H3,(H,25,30). The van der Waals surface area contributed by atoms with Gasteiger partial charge >= 0.3 is 0 Å². The van der Waals surface area contributed by atoms with Crippen LogP contribution in [0.3, 0.4) is 0 Å². The second-order valence-corrected chi connectivity index (χ2v) is 9.19. The number of aromatic nitrogens is 3. The molecule has 0 saturated carbocycles. The Labute approximate surface area is 196 Å². The average Bonchev–Trinajstić information content (AvgIpc) is 3.49. The summed E-state index contributed by atoms with van der Waals surface area (Å²) in [4.78, 5) is 14.8. The predicted molar refractivity (Wildman–Crippen MR) is 131 cm³/mol. The highest BCUT2D eigenvalue weighted by atomic mass is 32.2. The van der Waals surface area contributed by atoms with Crippen LogP contribution in [0.15, 0.2) is 82.6 Å². The van der Waals surface area contributed by atoms with E-state index in [0.29, 0.717) is 11.7 Å². The summed E-state index contributed by atoms with van der Waals surface area (Å²) >= 11 is 3.05. The van der Waals surface area contributed by atoms with E-state index in [4.69, 9.17) is 0 Å². The molecule has 32 heavy (non-hydrogen) atoms. The molecule has 1 unspecified atom stereocenters. The molecule has 4 aromatic rings. The Kier molecular flexibility index (Phi) is 7.36. The van der Waals surface area contributed by atoms with Crippen molar-refractivity contribution in [2.75, 3.05) is 26.4 Å². The van der Waals surface area contributed by atoms with Crippen molar-refractivity contribution < 1.29 is 4.79 Å². The highest BCUT2D eigenvalue weighted by Gasteiger charge is 2.19. The van der Waals surface area contributed by atoms with E-state index in [9.17, 15) is 4.79 Å². The number of hydrogen-bond donors (Lipinski definition) is 1. The molecule has 2 heterocycles. The molecule has 0 radical (unpaired) electrons. The number of carbonyl (C=O) groups is 1. The van der Waals surface area contributed by atoms with Gasteiger partial charge in [-0.1, -0.05) is 60.3 Å². The van der Waals surface area contributed by atoms with Crippen LogP contribution in [0.25, 0.3) is 17.1 Å². The number of thiophene rings is 1. The molecule has 2 aromatic carbocycles. The Hall–Kier alpha value is -2.94. The lowest BCUT2D eigenvalue weighted by Gasteiger charge is -2.24. The summed E-state index contributed by atoms with van der Waals surface area (Å²) in [6.07, 6.45) is 0. The van der Waals surface area contributed by atoms with E-state index in [1.165, 1.54) is 17.3 Å². The summed E-state index contributed by atoms with van der Waals surface area (Å²) in [5.74, 6) is 0.995. The van der Waals surface area contributed by atoms with Crippen LogP contribution in [0.1, 0.15) is 11.6 Å². The number of hydrogen-bond acceptors (Lipinski definition) is 6. The van der Waals surface area contributed by atoms with Crippen molar-refractivity contribution in [2.45, 2.75) is 11.2 Å². The second-order valence-electron chi connectivity index (χ2n) is 7.47. The third-order valence-electron chi connectivity index (χ3n) is 5.06. The lowest BCUT2D eigenvalue weighted by atomic mass is 10.1. The lowest BCUT2D eigenvalue weighted by Crippen LogP contribution is -2.35. The molecule has 1 N–H and O–H groups in total. The van der Waals surface area contributed by atoms with Crippen molar-refractivity contribution in [1.82, 2.24) is 25.0 Å². The number of likely N-dealkylation sites (N-methyl/N-ethyl adjacent to an activating group) is 1. The molecule has 0 aliphatic heterocycles. The van der Waals surface area contributed by atoms with Crippen LogP contribution in [0.2, 0.25) is 0 Å². The van der Waals surface area contributed by atoms with E-state index in [-0.39, 0.29) is 17.7 Å². The second kappa shape index (κ2) is 10.6. The molecule has 6 nitrogen and oxygen atoms in total. The van der Waals surface area contributed by atoms with Gasteiger partial charge in [0.05, 0.1) is 11.8 Å². The van der Waals surface area contributed by atoms with Crippen molar-refractivity contribution in [3.63, 3.8) is 0 Å². The Balaban J connectivity index is 1.47. The van der Waals surface area contributed by atoms with Crippen molar-refractivity contribution in [1.29, 1.82) is 0 Å². The first-order valence-corrected chi connectivity index (χ1v) is 12.2. The van der Waals surface area contributed by atoms with Gasteiger partial charge in [0.1, 0.15) is 0 Å². The first-order valence-electron chi connectivity index (χ1n) is 10.3. The van der Waals surface area contributed by atoms with Crippen LogP contribution in [0.4, 0.5) is 0 Å². The number of rotatable bonds is 9. The molecule has 2 aromatic heterocycles. The molecule has 1 atom stereocenters. The van der Waals surface area contributed by atoms with E-state index >= 15 is 0 Å². The van der Waals surface area contributed by atoms with Gasteiger partial charge in [0.2, 0.25) is 5.91 Å². The monoisotopic (exact) mass is 463 g/mol. The molecular formula is C24H25N5OS2. The van der Waals surface area contributed by atoms with E-state index in [2.05, 4.69) is 37.2 Å². The van der Waals surface area contributed by atoms with Gasteiger partial charge in [0, 0.05) is 17.8 Å². The van der Waals surface area contributed by atoms with Gasteiger partial charge in [-0.15, -0.1) is 10.2 Å². The number of amides is 1. The fourth-order valence-electron chi connectivity index (χ4n) is 3.40. The number of para-hydroxylation sites is 1. The normalized spacial score (nSPS) is 12.1. The third kappa shape index (κ3) is 5.27. The Bertz CT molecular complexity index is 1130. The van der Waals surface area contributed by atoms with Gasteiger partial charge in [-0.25, -0.2) is 0 Å². The maximum Gasteiger partial charge on any atom is 0.230 e. The summed E-state index contributed by atoms with van der Waals surface area (Å²) in [5, 5.41) is 16.8. The summed E-state index contributed by atoms with van der Waals surface area (Å²) in [6, 6.07) is 22.2. The number of nitrogens with zero attached hydrogens (tertiary/aromatic N) is 4. The summed E-state index contributed by atoms with van der Waals surface area (Å²) in [6.45, 7) is 0.559. The van der Waals surface area contributed by atoms with E-state index < -0.39 is 0 Å². The first-order chi connectivity index (χ1) is 15.6. The van der Waals surface area contributed by atoms with E-state index in [0.717, 1.165) is 17.1 Å². The maximum atomic E-state index is 12.6. The number of thioether (sulfide) groups is 1. The van der Waals surface area contributed by atoms with Gasteiger partial charge in [0.15, 0.2) is 11.0 Å². The summed E-state index contributed by atoms with van der Waals surface area (Å²) < 4.78 is 2.00. The molecular weight excluding hydrogens is 438 g/mol. The molecule has 0 aliphatic carbocycles. The Morgan fingerprint density at radius 1 is 1.06 bits per heavy atom. The third-order valence-corrected chi connectivity index (χ3v) is 6.69. The van der Waals surface area contributed by atoms with E-state index in [1.807, 2.05) is 79.3 Å². The Morgan fingerprint density at radius 2 is 1.78 bits per heavy atom. The van der Waals surface area contributed by atoms with Gasteiger partial charge < -0.3 is 10.2 Å². The zero-order chi connectivity index (χ0) is 22.3. The van der Waals surface area contributed by atoms with Gasteiger partial charge in [-0.05, 0) is 48.6 Å². The highest BCUT2D eigenvalue weighted by molar-refractivity contribution is 7.99. The number of benzene rings is 2. The van der Waals surface area contributed by atoms with Crippen LogP contribution < -0.4 is 5.32 Å². The lowest BCUT2D eigenvalue weighted by molar-refractivity contribution is -0.118. The zero-order valence-corrected chi connectivity index (χ0v) is 19.6. The minimum atomic E-state index is -0.0269. The number of carbonyl (C=O) groups excluding carboxylic acids is 1. The molecule has 4 rings (SSSR count). The summed E-state index contributed by atoms with van der Waals surface area (Å²) in [7, 11) is 4.05. The van der Waals surface area contributed by atoms with Gasteiger partial charge in [-0.2, -0.15) is 11.3 Å². The van der Waals surface area contributed by atoms with Crippen LogP contribution in [0.5, 0.6) is 0 Å². The quantitative estimate of drug-likeness (QED) is 0.370. The highest BCUT2D eigenvalue weighted by Crippen LogP contribution is 2.28.